The highest BCUT2D eigenvalue weighted by atomic mass is 35.5. The number of hydrogen-bond donors (Lipinski definition) is 1. The second kappa shape index (κ2) is 4.14. The maximum absolute atomic E-state index is 9.99. The molecule has 0 amide bonds. The number of rotatable bonds is 2. The molecule has 3 nitrogen and oxygen atoms in total. The van der Waals surface area contributed by atoms with Crippen molar-refractivity contribution in [2.24, 2.45) is 7.05 Å². The van der Waals surface area contributed by atoms with Crippen LogP contribution in [0.25, 0.3) is 0 Å². The van der Waals surface area contributed by atoms with E-state index in [0.29, 0.717) is 19.9 Å². The maximum Gasteiger partial charge on any atom is 0.125 e. The summed E-state index contributed by atoms with van der Waals surface area (Å²) in [6.07, 6.45) is 0.947. The molecule has 1 N–H and O–H groups in total. The first kappa shape index (κ1) is 11.0. The standard InChI is InChI=1S/C9H8Cl2N2OS/c1-13-3-2-6(12-13)8(14)5-4-7(10)15-9(5)11/h2-4,8,14H,1H3. The second-order valence-corrected chi connectivity index (χ2v) is 5.38. The van der Waals surface area contributed by atoms with Crippen LogP contribution in [0.15, 0.2) is 18.3 Å². The molecule has 1 atom stereocenters. The van der Waals surface area contributed by atoms with Crippen LogP contribution in [0.5, 0.6) is 0 Å². The van der Waals surface area contributed by atoms with Crippen molar-refractivity contribution in [2.75, 3.05) is 0 Å². The van der Waals surface area contributed by atoms with Crippen molar-refractivity contribution in [3.05, 3.63) is 38.3 Å². The molecule has 0 aliphatic rings. The fourth-order valence-corrected chi connectivity index (χ4v) is 2.80. The number of thiophene rings is 1. The summed E-state index contributed by atoms with van der Waals surface area (Å²) in [5.41, 5.74) is 1.17. The van der Waals surface area contributed by atoms with Gasteiger partial charge in [-0.1, -0.05) is 23.2 Å². The molecule has 0 aliphatic carbocycles. The zero-order valence-electron chi connectivity index (χ0n) is 7.82. The van der Waals surface area contributed by atoms with Crippen LogP contribution in [0.2, 0.25) is 8.67 Å². The van der Waals surface area contributed by atoms with E-state index in [0.717, 1.165) is 0 Å². The highest BCUT2D eigenvalue weighted by molar-refractivity contribution is 7.20. The van der Waals surface area contributed by atoms with Gasteiger partial charge in [0.15, 0.2) is 0 Å². The van der Waals surface area contributed by atoms with Crippen LogP contribution in [0.3, 0.4) is 0 Å². The van der Waals surface area contributed by atoms with Gasteiger partial charge >= 0.3 is 0 Å². The molecule has 0 radical (unpaired) electrons. The predicted molar refractivity (Wildman–Crippen MR) is 61.6 cm³/mol. The average molecular weight is 263 g/mol. The van der Waals surface area contributed by atoms with E-state index in [-0.39, 0.29) is 0 Å². The molecule has 2 rings (SSSR count). The van der Waals surface area contributed by atoms with E-state index in [1.807, 2.05) is 0 Å². The predicted octanol–water partition coefficient (Wildman–Crippen LogP) is 2.87. The Morgan fingerprint density at radius 1 is 1.53 bits per heavy atom. The summed E-state index contributed by atoms with van der Waals surface area (Å²) >= 11 is 13.0. The highest BCUT2D eigenvalue weighted by Crippen LogP contribution is 2.36. The maximum atomic E-state index is 9.99. The van der Waals surface area contributed by atoms with Crippen molar-refractivity contribution in [2.45, 2.75) is 6.10 Å². The molecule has 1 unspecified atom stereocenters. The monoisotopic (exact) mass is 262 g/mol. The van der Waals surface area contributed by atoms with Crippen molar-refractivity contribution in [1.82, 2.24) is 9.78 Å². The molecule has 0 saturated carbocycles. The van der Waals surface area contributed by atoms with Gasteiger partial charge in [-0.2, -0.15) is 5.10 Å². The molecule has 0 aliphatic heterocycles. The molecule has 2 heterocycles. The molecule has 6 heteroatoms. The number of nitrogens with zero attached hydrogens (tertiary/aromatic N) is 2. The Bertz CT molecular complexity index is 480. The van der Waals surface area contributed by atoms with E-state index in [2.05, 4.69) is 5.10 Å². The molecule has 15 heavy (non-hydrogen) atoms. The van der Waals surface area contributed by atoms with Crippen molar-refractivity contribution in [3.63, 3.8) is 0 Å². The van der Waals surface area contributed by atoms with Gasteiger partial charge in [-0.05, 0) is 12.1 Å². The first-order chi connectivity index (χ1) is 7.08. The molecule has 0 bridgehead atoms. The Morgan fingerprint density at radius 3 is 2.73 bits per heavy atom. The van der Waals surface area contributed by atoms with Crippen molar-refractivity contribution in [3.8, 4) is 0 Å². The molecule has 0 saturated heterocycles. The third-order valence-electron chi connectivity index (χ3n) is 1.99. The van der Waals surface area contributed by atoms with Crippen LogP contribution >= 0.6 is 34.5 Å². The zero-order chi connectivity index (χ0) is 11.0. The van der Waals surface area contributed by atoms with Gasteiger partial charge < -0.3 is 5.11 Å². The van der Waals surface area contributed by atoms with Crippen LogP contribution in [0, 0.1) is 0 Å². The van der Waals surface area contributed by atoms with E-state index in [1.165, 1.54) is 11.3 Å². The van der Waals surface area contributed by atoms with Gasteiger partial charge in [-0.25, -0.2) is 0 Å². The summed E-state index contributed by atoms with van der Waals surface area (Å²) in [6.45, 7) is 0. The Hall–Kier alpha value is -0.550. The molecular formula is C9H8Cl2N2OS. The molecule has 2 aromatic rings. The summed E-state index contributed by atoms with van der Waals surface area (Å²) < 4.78 is 2.68. The van der Waals surface area contributed by atoms with Gasteiger partial charge in [0.25, 0.3) is 0 Å². The van der Waals surface area contributed by atoms with Gasteiger partial charge in [0, 0.05) is 18.8 Å². The third kappa shape index (κ3) is 2.18. The lowest BCUT2D eigenvalue weighted by atomic mass is 10.1. The minimum Gasteiger partial charge on any atom is -0.382 e. The number of aliphatic hydroxyl groups excluding tert-OH is 1. The minimum atomic E-state index is -0.817. The van der Waals surface area contributed by atoms with Gasteiger partial charge in [0.2, 0.25) is 0 Å². The average Bonchev–Trinajstić information content (AvgIpc) is 2.71. The van der Waals surface area contributed by atoms with Crippen LogP contribution in [0.1, 0.15) is 17.4 Å². The van der Waals surface area contributed by atoms with Gasteiger partial charge in [-0.15, -0.1) is 11.3 Å². The van der Waals surface area contributed by atoms with Crippen molar-refractivity contribution < 1.29 is 5.11 Å². The van der Waals surface area contributed by atoms with Crippen LogP contribution in [0.4, 0.5) is 0 Å². The van der Waals surface area contributed by atoms with E-state index in [9.17, 15) is 5.11 Å². The van der Waals surface area contributed by atoms with Crippen LogP contribution in [-0.4, -0.2) is 14.9 Å². The number of halogens is 2. The number of aromatic nitrogens is 2. The van der Waals surface area contributed by atoms with E-state index in [4.69, 9.17) is 23.2 Å². The number of hydrogen-bond acceptors (Lipinski definition) is 3. The van der Waals surface area contributed by atoms with Gasteiger partial charge in [0.05, 0.1) is 10.0 Å². The zero-order valence-corrected chi connectivity index (χ0v) is 10.1. The fourth-order valence-electron chi connectivity index (χ4n) is 1.28. The van der Waals surface area contributed by atoms with Crippen molar-refractivity contribution in [1.29, 1.82) is 0 Å². The molecule has 80 valence electrons. The Balaban J connectivity index is 2.35. The topological polar surface area (TPSA) is 38.0 Å². The van der Waals surface area contributed by atoms with E-state index >= 15 is 0 Å². The quantitative estimate of drug-likeness (QED) is 0.904. The second-order valence-electron chi connectivity index (χ2n) is 3.10. The molecular weight excluding hydrogens is 255 g/mol. The lowest BCUT2D eigenvalue weighted by molar-refractivity contribution is 0.215. The summed E-state index contributed by atoms with van der Waals surface area (Å²) in [5, 5.41) is 14.1. The third-order valence-corrected chi connectivity index (χ3v) is 3.51. The SMILES string of the molecule is Cn1ccc(C(O)c2cc(Cl)sc2Cl)n1. The van der Waals surface area contributed by atoms with E-state index in [1.54, 1.807) is 30.1 Å². The molecule has 0 spiro atoms. The summed E-state index contributed by atoms with van der Waals surface area (Å²) in [6, 6.07) is 3.40. The minimum absolute atomic E-state index is 0.498. The highest BCUT2D eigenvalue weighted by Gasteiger charge is 2.18. The summed E-state index contributed by atoms with van der Waals surface area (Å²) in [4.78, 5) is 0. The fraction of sp³-hybridized carbons (Fsp3) is 0.222. The molecule has 0 fully saturated rings. The lowest BCUT2D eigenvalue weighted by Gasteiger charge is -2.05. The number of aliphatic hydroxyl groups is 1. The normalized spacial score (nSPS) is 13.1. The first-order valence-corrected chi connectivity index (χ1v) is 5.77. The van der Waals surface area contributed by atoms with Gasteiger partial charge in [-0.3, -0.25) is 4.68 Å². The Labute approximate surface area is 101 Å². The van der Waals surface area contributed by atoms with E-state index < -0.39 is 6.10 Å². The van der Waals surface area contributed by atoms with Gasteiger partial charge in [0.1, 0.15) is 10.4 Å². The number of aryl methyl sites for hydroxylation is 1. The summed E-state index contributed by atoms with van der Waals surface area (Å²) in [7, 11) is 1.79. The first-order valence-electron chi connectivity index (χ1n) is 4.20. The molecule has 2 aromatic heterocycles. The Kier molecular flexibility index (Phi) is 3.02. The Morgan fingerprint density at radius 2 is 2.27 bits per heavy atom. The van der Waals surface area contributed by atoms with Crippen molar-refractivity contribution >= 4 is 34.5 Å². The molecule has 0 aromatic carbocycles. The summed E-state index contributed by atoms with van der Waals surface area (Å²) in [5.74, 6) is 0. The smallest absolute Gasteiger partial charge is 0.125 e. The van der Waals surface area contributed by atoms with Crippen LogP contribution in [-0.2, 0) is 7.05 Å². The van der Waals surface area contributed by atoms with Crippen LogP contribution < -0.4 is 0 Å². The largest absolute Gasteiger partial charge is 0.382 e. The lowest BCUT2D eigenvalue weighted by Crippen LogP contribution is -2.00.